The Kier molecular flexibility index (Phi) is 6.06. The van der Waals surface area contributed by atoms with Crippen LogP contribution in [0.25, 0.3) is 0 Å². The molecule has 0 aliphatic rings. The molecule has 1 aromatic carbocycles. The molecule has 0 aliphatic heterocycles. The quantitative estimate of drug-likeness (QED) is 0.546. The fourth-order valence-corrected chi connectivity index (χ4v) is 2.93. The highest BCUT2D eigenvalue weighted by Gasteiger charge is 2.22. The average Bonchev–Trinajstić information content (AvgIpc) is 2.44. The molecule has 21 heavy (non-hydrogen) atoms. The third-order valence-corrected chi connectivity index (χ3v) is 4.24. The summed E-state index contributed by atoms with van der Waals surface area (Å²) in [6.07, 6.45) is 0.415. The van der Waals surface area contributed by atoms with Gasteiger partial charge in [0.1, 0.15) is 10.6 Å². The molecule has 0 aromatic heterocycles. The molecule has 0 amide bonds. The van der Waals surface area contributed by atoms with Gasteiger partial charge in [0.05, 0.1) is 24.2 Å². The van der Waals surface area contributed by atoms with E-state index < -0.39 is 21.1 Å². The third-order valence-electron chi connectivity index (χ3n) is 2.78. The molecule has 0 radical (unpaired) electrons. The molecule has 1 aromatic rings. The molecular formula is C12H18N2O6S. The van der Waals surface area contributed by atoms with Crippen LogP contribution in [-0.4, -0.2) is 38.2 Å². The van der Waals surface area contributed by atoms with Crippen molar-refractivity contribution in [2.24, 2.45) is 0 Å². The summed E-state index contributed by atoms with van der Waals surface area (Å²) in [7, 11) is -2.69. The minimum absolute atomic E-state index is 0.123. The average molecular weight is 318 g/mol. The highest BCUT2D eigenvalue weighted by Crippen LogP contribution is 2.28. The molecule has 2 N–H and O–H groups in total. The van der Waals surface area contributed by atoms with Gasteiger partial charge >= 0.3 is 0 Å². The number of benzene rings is 1. The summed E-state index contributed by atoms with van der Waals surface area (Å²) in [5, 5.41) is 20.2. The summed E-state index contributed by atoms with van der Waals surface area (Å²) in [5.41, 5.74) is -0.267. The van der Waals surface area contributed by atoms with E-state index in [1.54, 1.807) is 0 Å². The molecule has 0 saturated heterocycles. The van der Waals surface area contributed by atoms with Gasteiger partial charge in [-0.2, -0.15) is 0 Å². The summed E-state index contributed by atoms with van der Waals surface area (Å²) in [4.78, 5) is 9.82. The van der Waals surface area contributed by atoms with Crippen molar-refractivity contribution in [2.45, 2.75) is 30.8 Å². The number of ether oxygens (including phenoxy) is 1. The molecule has 0 aliphatic carbocycles. The number of sulfonamides is 1. The lowest BCUT2D eigenvalue weighted by Gasteiger charge is -2.13. The minimum Gasteiger partial charge on any atom is -0.495 e. The topological polar surface area (TPSA) is 119 Å². The van der Waals surface area contributed by atoms with Crippen molar-refractivity contribution in [2.75, 3.05) is 13.7 Å². The van der Waals surface area contributed by atoms with Crippen molar-refractivity contribution in [3.05, 3.63) is 28.3 Å². The third kappa shape index (κ3) is 4.66. The number of hydrogen-bond acceptors (Lipinski definition) is 6. The summed E-state index contributed by atoms with van der Waals surface area (Å²) < 4.78 is 31.4. The fraction of sp³-hybridized carbons (Fsp3) is 0.500. The molecule has 9 heteroatoms. The number of nitro benzene ring substituents is 1. The Morgan fingerprint density at radius 1 is 1.48 bits per heavy atom. The number of methoxy groups -OCH3 is 1. The van der Waals surface area contributed by atoms with Crippen LogP contribution >= 0.6 is 0 Å². The van der Waals surface area contributed by atoms with Gasteiger partial charge in [-0.25, -0.2) is 13.1 Å². The lowest BCUT2D eigenvalue weighted by atomic mass is 10.2. The molecule has 118 valence electrons. The van der Waals surface area contributed by atoms with Crippen LogP contribution in [0.3, 0.4) is 0 Å². The van der Waals surface area contributed by atoms with Crippen LogP contribution in [0.15, 0.2) is 23.1 Å². The van der Waals surface area contributed by atoms with E-state index in [9.17, 15) is 23.6 Å². The van der Waals surface area contributed by atoms with Crippen LogP contribution in [0.5, 0.6) is 5.75 Å². The van der Waals surface area contributed by atoms with Crippen LogP contribution in [0, 0.1) is 10.1 Å². The summed E-state index contributed by atoms with van der Waals surface area (Å²) in [5.74, 6) is -0.123. The Balaban J connectivity index is 3.00. The van der Waals surface area contributed by atoms with Crippen LogP contribution < -0.4 is 9.46 Å². The Bertz CT molecular complexity index is 602. The van der Waals surface area contributed by atoms with Gasteiger partial charge in [-0.15, -0.1) is 0 Å². The van der Waals surface area contributed by atoms with Crippen LogP contribution in [0.1, 0.15) is 19.8 Å². The van der Waals surface area contributed by atoms with Crippen molar-refractivity contribution in [1.29, 1.82) is 0 Å². The van der Waals surface area contributed by atoms with E-state index in [1.807, 2.05) is 6.92 Å². The predicted molar refractivity (Wildman–Crippen MR) is 75.8 cm³/mol. The number of nitrogens with zero attached hydrogens (tertiary/aromatic N) is 1. The van der Waals surface area contributed by atoms with Gasteiger partial charge in [0.15, 0.2) is 0 Å². The Morgan fingerprint density at radius 3 is 2.67 bits per heavy atom. The summed E-state index contributed by atoms with van der Waals surface area (Å²) >= 11 is 0. The molecule has 0 fully saturated rings. The highest BCUT2D eigenvalue weighted by atomic mass is 32.2. The molecule has 0 heterocycles. The number of aliphatic hydroxyl groups is 1. The zero-order valence-electron chi connectivity index (χ0n) is 11.8. The molecular weight excluding hydrogens is 300 g/mol. The first-order valence-electron chi connectivity index (χ1n) is 6.32. The van der Waals surface area contributed by atoms with E-state index in [0.717, 1.165) is 24.6 Å². The van der Waals surface area contributed by atoms with Gasteiger partial charge in [-0.1, -0.05) is 13.3 Å². The predicted octanol–water partition coefficient (Wildman–Crippen LogP) is 1.04. The summed E-state index contributed by atoms with van der Waals surface area (Å²) in [6, 6.07) is 3.22. The second-order valence-electron chi connectivity index (χ2n) is 4.39. The number of nitro groups is 1. The zero-order chi connectivity index (χ0) is 16.0. The Labute approximate surface area is 122 Å². The molecule has 8 nitrogen and oxygen atoms in total. The normalized spacial score (nSPS) is 12.9. The first kappa shape index (κ1) is 17.3. The SMILES string of the molecule is CCCC(O)CNS(=O)(=O)c1ccc([N+](=O)[O-])cc1OC. The minimum atomic E-state index is -3.92. The lowest BCUT2D eigenvalue weighted by Crippen LogP contribution is -2.32. The standard InChI is InChI=1S/C12H18N2O6S/c1-3-4-10(15)8-13-21(18,19)12-6-5-9(14(16)17)7-11(12)20-2/h5-7,10,13,15H,3-4,8H2,1-2H3. The van der Waals surface area contributed by atoms with Crippen molar-refractivity contribution < 1.29 is 23.2 Å². The zero-order valence-corrected chi connectivity index (χ0v) is 12.6. The fourth-order valence-electron chi connectivity index (χ4n) is 1.71. The van der Waals surface area contributed by atoms with E-state index in [1.165, 1.54) is 7.11 Å². The van der Waals surface area contributed by atoms with Crippen molar-refractivity contribution in [3.63, 3.8) is 0 Å². The van der Waals surface area contributed by atoms with E-state index in [0.29, 0.717) is 6.42 Å². The maximum absolute atomic E-state index is 12.1. The molecule has 0 saturated carbocycles. The van der Waals surface area contributed by atoms with Crippen LogP contribution in [-0.2, 0) is 10.0 Å². The highest BCUT2D eigenvalue weighted by molar-refractivity contribution is 7.89. The van der Waals surface area contributed by atoms with Gasteiger partial charge in [-0.05, 0) is 12.5 Å². The van der Waals surface area contributed by atoms with Crippen LogP contribution in [0.4, 0.5) is 5.69 Å². The van der Waals surface area contributed by atoms with Gasteiger partial charge in [0, 0.05) is 12.6 Å². The summed E-state index contributed by atoms with van der Waals surface area (Å²) in [6.45, 7) is 1.74. The Hall–Kier alpha value is -1.71. The van der Waals surface area contributed by atoms with Gasteiger partial charge in [-0.3, -0.25) is 10.1 Å². The number of hydrogen-bond donors (Lipinski definition) is 2. The molecule has 0 bridgehead atoms. The smallest absolute Gasteiger partial charge is 0.273 e. The van der Waals surface area contributed by atoms with Crippen molar-refractivity contribution in [1.82, 2.24) is 4.72 Å². The number of nitrogens with one attached hydrogen (secondary N) is 1. The second-order valence-corrected chi connectivity index (χ2v) is 6.12. The van der Waals surface area contributed by atoms with Crippen molar-refractivity contribution in [3.8, 4) is 5.75 Å². The molecule has 1 atom stereocenters. The first-order valence-corrected chi connectivity index (χ1v) is 7.80. The maximum Gasteiger partial charge on any atom is 0.273 e. The van der Waals surface area contributed by atoms with E-state index in [-0.39, 0.29) is 22.9 Å². The first-order chi connectivity index (χ1) is 9.81. The maximum atomic E-state index is 12.1. The number of rotatable bonds is 8. The van der Waals surface area contributed by atoms with Gasteiger partial charge in [0.25, 0.3) is 5.69 Å². The van der Waals surface area contributed by atoms with Gasteiger partial charge in [0.2, 0.25) is 10.0 Å². The van der Waals surface area contributed by atoms with E-state index in [2.05, 4.69) is 4.72 Å². The van der Waals surface area contributed by atoms with Crippen molar-refractivity contribution >= 4 is 15.7 Å². The number of non-ortho nitro benzene ring substituents is 1. The monoisotopic (exact) mass is 318 g/mol. The Morgan fingerprint density at radius 2 is 2.14 bits per heavy atom. The molecule has 0 spiro atoms. The van der Waals surface area contributed by atoms with Crippen LogP contribution in [0.2, 0.25) is 0 Å². The number of aliphatic hydroxyl groups excluding tert-OH is 1. The van der Waals surface area contributed by atoms with E-state index >= 15 is 0 Å². The molecule has 1 rings (SSSR count). The van der Waals surface area contributed by atoms with E-state index in [4.69, 9.17) is 4.74 Å². The lowest BCUT2D eigenvalue weighted by molar-refractivity contribution is -0.385. The second kappa shape index (κ2) is 7.34. The largest absolute Gasteiger partial charge is 0.495 e. The van der Waals surface area contributed by atoms with Gasteiger partial charge < -0.3 is 9.84 Å². The molecule has 1 unspecified atom stereocenters.